The van der Waals surface area contributed by atoms with Crippen LogP contribution < -0.4 is 5.32 Å². The molecule has 0 fully saturated rings. The fraction of sp³-hybridized carbons (Fsp3) is 0.0769. The van der Waals surface area contributed by atoms with E-state index < -0.39 is 0 Å². The Morgan fingerprint density at radius 3 is 2.47 bits per heavy atom. The molecule has 0 radical (unpaired) electrons. The molecular weight excluding hydrogens is 346 g/mol. The molecule has 2 aromatic carbocycles. The maximum atomic E-state index is 9.40. The van der Waals surface area contributed by atoms with Gasteiger partial charge in [0.25, 0.3) is 0 Å². The molecule has 0 unspecified atom stereocenters. The maximum absolute atomic E-state index is 9.40. The highest BCUT2D eigenvalue weighted by Crippen LogP contribution is 2.26. The Hall–Kier alpha value is -1.000. The van der Waals surface area contributed by atoms with Crippen LogP contribution in [0.25, 0.3) is 0 Å². The van der Waals surface area contributed by atoms with Crippen molar-refractivity contribution in [3.63, 3.8) is 0 Å². The quantitative estimate of drug-likeness (QED) is 0.846. The third-order valence-electron chi connectivity index (χ3n) is 2.37. The Bertz CT molecular complexity index is 529. The van der Waals surface area contributed by atoms with Gasteiger partial charge in [0.1, 0.15) is 5.75 Å². The standard InChI is InChI=1S/C13H11Br2NO/c14-10-3-1-2-4-12(10)16-8-9-5-6-13(17)11(15)7-9/h1-7,16-17H,8H2. The van der Waals surface area contributed by atoms with Gasteiger partial charge in [-0.2, -0.15) is 0 Å². The predicted octanol–water partition coefficient (Wildman–Crippen LogP) is 4.53. The number of rotatable bonds is 3. The minimum atomic E-state index is 0.259. The summed E-state index contributed by atoms with van der Waals surface area (Å²) in [5.74, 6) is 0.259. The number of benzene rings is 2. The molecule has 0 heterocycles. The van der Waals surface area contributed by atoms with Crippen LogP contribution >= 0.6 is 31.9 Å². The molecule has 2 N–H and O–H groups in total. The van der Waals surface area contributed by atoms with Crippen LogP contribution in [0.5, 0.6) is 5.75 Å². The summed E-state index contributed by atoms with van der Waals surface area (Å²) in [5.41, 5.74) is 2.15. The number of phenols is 1. The first-order valence-corrected chi connectivity index (χ1v) is 6.71. The smallest absolute Gasteiger partial charge is 0.129 e. The topological polar surface area (TPSA) is 32.3 Å². The minimum Gasteiger partial charge on any atom is -0.507 e. The zero-order chi connectivity index (χ0) is 12.3. The minimum absolute atomic E-state index is 0.259. The van der Waals surface area contributed by atoms with Crippen molar-refractivity contribution in [3.8, 4) is 5.75 Å². The molecule has 0 aliphatic heterocycles. The van der Waals surface area contributed by atoms with Crippen LogP contribution in [-0.2, 0) is 6.54 Å². The molecule has 0 aromatic heterocycles. The van der Waals surface area contributed by atoms with Gasteiger partial charge in [-0.1, -0.05) is 18.2 Å². The lowest BCUT2D eigenvalue weighted by atomic mass is 10.2. The maximum Gasteiger partial charge on any atom is 0.129 e. The van der Waals surface area contributed by atoms with E-state index in [9.17, 15) is 5.11 Å². The van der Waals surface area contributed by atoms with Crippen LogP contribution in [-0.4, -0.2) is 5.11 Å². The van der Waals surface area contributed by atoms with Crippen LogP contribution in [0.15, 0.2) is 51.4 Å². The van der Waals surface area contributed by atoms with Crippen LogP contribution in [0, 0.1) is 0 Å². The van der Waals surface area contributed by atoms with Crippen LogP contribution in [0.1, 0.15) is 5.56 Å². The number of anilines is 1. The van der Waals surface area contributed by atoms with Crippen LogP contribution in [0.2, 0.25) is 0 Å². The van der Waals surface area contributed by atoms with Crippen molar-refractivity contribution < 1.29 is 5.11 Å². The van der Waals surface area contributed by atoms with Crippen molar-refractivity contribution in [2.45, 2.75) is 6.54 Å². The van der Waals surface area contributed by atoms with E-state index in [1.54, 1.807) is 6.07 Å². The first-order valence-electron chi connectivity index (χ1n) is 5.12. The lowest BCUT2D eigenvalue weighted by Gasteiger charge is -2.09. The average Bonchev–Trinajstić information content (AvgIpc) is 2.32. The number of hydrogen-bond donors (Lipinski definition) is 2. The Labute approximate surface area is 117 Å². The monoisotopic (exact) mass is 355 g/mol. The molecule has 0 bridgehead atoms. The third-order valence-corrected chi connectivity index (χ3v) is 3.70. The lowest BCUT2D eigenvalue weighted by Crippen LogP contribution is -1.99. The predicted molar refractivity (Wildman–Crippen MR) is 77.3 cm³/mol. The summed E-state index contributed by atoms with van der Waals surface area (Å²) in [5, 5.41) is 12.7. The van der Waals surface area contributed by atoms with Gasteiger partial charge in [-0.15, -0.1) is 0 Å². The number of halogens is 2. The van der Waals surface area contributed by atoms with E-state index >= 15 is 0 Å². The fourth-order valence-corrected chi connectivity index (χ4v) is 2.31. The zero-order valence-corrected chi connectivity index (χ0v) is 12.1. The summed E-state index contributed by atoms with van der Waals surface area (Å²) in [7, 11) is 0. The molecule has 0 saturated heterocycles. The number of phenolic OH excluding ortho intramolecular Hbond substituents is 1. The third kappa shape index (κ3) is 3.23. The molecule has 4 heteroatoms. The van der Waals surface area contributed by atoms with E-state index in [0.717, 1.165) is 15.7 Å². The van der Waals surface area contributed by atoms with Gasteiger partial charge in [0, 0.05) is 16.7 Å². The van der Waals surface area contributed by atoms with E-state index in [-0.39, 0.29) is 5.75 Å². The number of aromatic hydroxyl groups is 1. The normalized spacial score (nSPS) is 10.2. The Morgan fingerprint density at radius 1 is 1.00 bits per heavy atom. The van der Waals surface area contributed by atoms with Gasteiger partial charge < -0.3 is 10.4 Å². The van der Waals surface area contributed by atoms with Crippen LogP contribution in [0.3, 0.4) is 0 Å². The highest BCUT2D eigenvalue weighted by atomic mass is 79.9. The first-order chi connectivity index (χ1) is 8.16. The van der Waals surface area contributed by atoms with Crippen molar-refractivity contribution in [2.75, 3.05) is 5.32 Å². The molecule has 0 saturated carbocycles. The van der Waals surface area contributed by atoms with Crippen LogP contribution in [0.4, 0.5) is 5.69 Å². The molecule has 2 rings (SSSR count). The molecule has 88 valence electrons. The van der Waals surface area contributed by atoms with Crippen molar-refractivity contribution >= 4 is 37.5 Å². The van der Waals surface area contributed by atoms with Crippen molar-refractivity contribution in [1.29, 1.82) is 0 Å². The molecule has 2 nitrogen and oxygen atoms in total. The average molecular weight is 357 g/mol. The van der Waals surface area contributed by atoms with Crippen molar-refractivity contribution in [1.82, 2.24) is 0 Å². The summed E-state index contributed by atoms with van der Waals surface area (Å²) in [6.07, 6.45) is 0. The van der Waals surface area contributed by atoms with E-state index in [0.29, 0.717) is 11.0 Å². The summed E-state index contributed by atoms with van der Waals surface area (Å²) < 4.78 is 1.75. The van der Waals surface area contributed by atoms with E-state index in [4.69, 9.17) is 0 Å². The highest BCUT2D eigenvalue weighted by Gasteiger charge is 2.01. The van der Waals surface area contributed by atoms with Gasteiger partial charge in [0.05, 0.1) is 4.47 Å². The zero-order valence-electron chi connectivity index (χ0n) is 8.95. The number of para-hydroxylation sites is 1. The molecule has 2 aromatic rings. The fourth-order valence-electron chi connectivity index (χ4n) is 1.46. The second-order valence-electron chi connectivity index (χ2n) is 3.62. The highest BCUT2D eigenvalue weighted by molar-refractivity contribution is 9.11. The largest absolute Gasteiger partial charge is 0.507 e. The van der Waals surface area contributed by atoms with E-state index in [2.05, 4.69) is 37.2 Å². The van der Waals surface area contributed by atoms with Gasteiger partial charge in [-0.05, 0) is 61.7 Å². The van der Waals surface area contributed by atoms with E-state index in [1.165, 1.54) is 0 Å². The molecule has 0 aliphatic rings. The Balaban J connectivity index is 2.08. The molecule has 0 aliphatic carbocycles. The molecule has 0 spiro atoms. The molecule has 0 amide bonds. The molecule has 17 heavy (non-hydrogen) atoms. The SMILES string of the molecule is Oc1ccc(CNc2ccccc2Br)cc1Br. The number of hydrogen-bond acceptors (Lipinski definition) is 2. The van der Waals surface area contributed by atoms with Gasteiger partial charge >= 0.3 is 0 Å². The van der Waals surface area contributed by atoms with E-state index in [1.807, 2.05) is 36.4 Å². The Morgan fingerprint density at radius 2 is 1.76 bits per heavy atom. The van der Waals surface area contributed by atoms with Crippen molar-refractivity contribution in [3.05, 3.63) is 57.0 Å². The second kappa shape index (κ2) is 5.56. The van der Waals surface area contributed by atoms with Crippen molar-refractivity contribution in [2.24, 2.45) is 0 Å². The number of nitrogens with one attached hydrogen (secondary N) is 1. The Kier molecular flexibility index (Phi) is 4.07. The van der Waals surface area contributed by atoms with Gasteiger partial charge in [0.15, 0.2) is 0 Å². The van der Waals surface area contributed by atoms with Gasteiger partial charge in [0.2, 0.25) is 0 Å². The first kappa shape index (κ1) is 12.5. The summed E-state index contributed by atoms with van der Waals surface area (Å²) in [6, 6.07) is 13.4. The second-order valence-corrected chi connectivity index (χ2v) is 5.33. The van der Waals surface area contributed by atoms with Gasteiger partial charge in [-0.3, -0.25) is 0 Å². The lowest BCUT2D eigenvalue weighted by molar-refractivity contribution is 0.471. The molecular formula is C13H11Br2NO. The molecule has 0 atom stereocenters. The van der Waals surface area contributed by atoms with Gasteiger partial charge in [-0.25, -0.2) is 0 Å². The summed E-state index contributed by atoms with van der Waals surface area (Å²) in [6.45, 7) is 0.710. The summed E-state index contributed by atoms with van der Waals surface area (Å²) in [4.78, 5) is 0. The summed E-state index contributed by atoms with van der Waals surface area (Å²) >= 11 is 6.78.